The largest absolute Gasteiger partial charge is 0.480 e. The van der Waals surface area contributed by atoms with Crippen LogP contribution in [0.2, 0.25) is 5.02 Å². The van der Waals surface area contributed by atoms with Gasteiger partial charge in [-0.1, -0.05) is 23.4 Å². The molecule has 0 fully saturated rings. The van der Waals surface area contributed by atoms with Gasteiger partial charge in [0.2, 0.25) is 11.8 Å². The van der Waals surface area contributed by atoms with Crippen molar-refractivity contribution < 1.29 is 21.9 Å². The molecule has 0 saturated carbocycles. The van der Waals surface area contributed by atoms with Crippen molar-refractivity contribution in [2.24, 2.45) is 0 Å². The SMILES string of the molecule is COc1ncc(Cl)cc1S(=O)(=O)Nc1ccc(F)c(C#Cc2cnc(N)n3cnnc23)c1F. The Morgan fingerprint density at radius 2 is 2.00 bits per heavy atom. The second-order valence-corrected chi connectivity index (χ2v) is 8.44. The van der Waals surface area contributed by atoms with Crippen LogP contribution < -0.4 is 15.2 Å². The molecule has 0 spiro atoms. The van der Waals surface area contributed by atoms with Gasteiger partial charge in [0.15, 0.2) is 16.4 Å². The maximum Gasteiger partial charge on any atom is 0.267 e. The average Bonchev–Trinajstić information content (AvgIpc) is 3.28. The van der Waals surface area contributed by atoms with Crippen LogP contribution in [0.1, 0.15) is 11.1 Å². The number of sulfonamides is 1. The number of aromatic nitrogens is 5. The molecule has 14 heteroatoms. The molecule has 4 aromatic rings. The third kappa shape index (κ3) is 4.21. The van der Waals surface area contributed by atoms with E-state index in [4.69, 9.17) is 22.1 Å². The number of hydrogen-bond acceptors (Lipinski definition) is 8. The maximum absolute atomic E-state index is 15.1. The number of ether oxygens (including phenoxy) is 1. The molecule has 4 rings (SSSR count). The lowest BCUT2D eigenvalue weighted by atomic mass is 10.1. The van der Waals surface area contributed by atoms with E-state index in [0.29, 0.717) is 0 Å². The minimum absolute atomic E-state index is 0.0132. The summed E-state index contributed by atoms with van der Waals surface area (Å²) in [7, 11) is -3.19. The van der Waals surface area contributed by atoms with E-state index >= 15 is 4.39 Å². The van der Waals surface area contributed by atoms with Crippen molar-refractivity contribution in [1.82, 2.24) is 24.6 Å². The minimum Gasteiger partial charge on any atom is -0.480 e. The molecular formula is C19H12ClF2N7O3S. The van der Waals surface area contributed by atoms with Crippen molar-refractivity contribution in [3.8, 4) is 17.7 Å². The van der Waals surface area contributed by atoms with Crippen LogP contribution in [-0.4, -0.2) is 40.1 Å². The zero-order valence-electron chi connectivity index (χ0n) is 16.5. The number of halogens is 3. The Bertz CT molecular complexity index is 1570. The first kappa shape index (κ1) is 22.2. The fourth-order valence-electron chi connectivity index (χ4n) is 2.75. The Morgan fingerprint density at radius 3 is 2.76 bits per heavy atom. The van der Waals surface area contributed by atoms with Crippen LogP contribution in [0, 0.1) is 23.5 Å². The van der Waals surface area contributed by atoms with Crippen molar-refractivity contribution in [3.05, 3.63) is 64.7 Å². The summed E-state index contributed by atoms with van der Waals surface area (Å²) < 4.78 is 63.3. The number of anilines is 2. The molecule has 3 heterocycles. The van der Waals surface area contributed by atoms with Crippen LogP contribution in [0.5, 0.6) is 5.88 Å². The van der Waals surface area contributed by atoms with E-state index in [9.17, 15) is 12.8 Å². The van der Waals surface area contributed by atoms with Gasteiger partial charge >= 0.3 is 0 Å². The Kier molecular flexibility index (Phi) is 5.71. The lowest BCUT2D eigenvalue weighted by Crippen LogP contribution is -2.16. The molecule has 3 aromatic heterocycles. The number of benzene rings is 1. The standard InChI is InChI=1S/C19H12ClF2N7O3S/c1-32-18-15(6-11(20)8-24-18)33(30,31)28-14-5-4-13(21)12(16(14)22)3-2-10-7-25-19(23)29-9-26-27-17(10)29/h4-9,28H,1H3,(H2,23,25). The first-order valence-corrected chi connectivity index (χ1v) is 10.7. The summed E-state index contributed by atoms with van der Waals surface area (Å²) in [5.41, 5.74) is 4.89. The van der Waals surface area contributed by atoms with Gasteiger partial charge in [-0.2, -0.15) is 0 Å². The van der Waals surface area contributed by atoms with Crippen LogP contribution in [-0.2, 0) is 10.0 Å². The number of nitrogens with zero attached hydrogens (tertiary/aromatic N) is 5. The lowest BCUT2D eigenvalue weighted by molar-refractivity contribution is 0.385. The molecule has 0 aliphatic heterocycles. The number of nitrogens with one attached hydrogen (secondary N) is 1. The Hall–Kier alpha value is -4.02. The predicted molar refractivity (Wildman–Crippen MR) is 114 cm³/mol. The first-order chi connectivity index (χ1) is 15.7. The van der Waals surface area contributed by atoms with Gasteiger partial charge in [0, 0.05) is 6.20 Å². The summed E-state index contributed by atoms with van der Waals surface area (Å²) >= 11 is 5.83. The highest BCUT2D eigenvalue weighted by molar-refractivity contribution is 7.92. The molecule has 0 amide bonds. The van der Waals surface area contributed by atoms with Crippen LogP contribution in [0.3, 0.4) is 0 Å². The van der Waals surface area contributed by atoms with Gasteiger partial charge in [0.25, 0.3) is 10.0 Å². The normalized spacial score (nSPS) is 11.2. The van der Waals surface area contributed by atoms with Gasteiger partial charge in [0.1, 0.15) is 12.1 Å². The number of nitrogen functional groups attached to an aromatic ring is 1. The molecule has 168 valence electrons. The molecule has 0 bridgehead atoms. The van der Waals surface area contributed by atoms with Gasteiger partial charge in [0.05, 0.1) is 35.1 Å². The van der Waals surface area contributed by atoms with E-state index in [1.54, 1.807) is 0 Å². The van der Waals surface area contributed by atoms with E-state index < -0.39 is 37.8 Å². The van der Waals surface area contributed by atoms with Crippen molar-refractivity contribution >= 4 is 38.9 Å². The number of fused-ring (bicyclic) bond motifs is 1. The first-order valence-electron chi connectivity index (χ1n) is 8.88. The third-order valence-electron chi connectivity index (χ3n) is 4.29. The van der Waals surface area contributed by atoms with E-state index in [1.807, 2.05) is 4.72 Å². The zero-order chi connectivity index (χ0) is 23.8. The number of methoxy groups -OCH3 is 1. The smallest absolute Gasteiger partial charge is 0.267 e. The molecule has 1 aromatic carbocycles. The number of rotatable bonds is 4. The minimum atomic E-state index is -4.40. The Balaban J connectivity index is 1.75. The topological polar surface area (TPSA) is 137 Å². The molecule has 0 saturated heterocycles. The van der Waals surface area contributed by atoms with Crippen LogP contribution in [0.25, 0.3) is 5.65 Å². The van der Waals surface area contributed by atoms with Gasteiger partial charge in [-0.05, 0) is 18.2 Å². The van der Waals surface area contributed by atoms with Crippen molar-refractivity contribution in [2.45, 2.75) is 4.90 Å². The lowest BCUT2D eigenvalue weighted by Gasteiger charge is -2.12. The highest BCUT2D eigenvalue weighted by Crippen LogP contribution is 2.28. The number of pyridine rings is 1. The summed E-state index contributed by atoms with van der Waals surface area (Å²) in [6.07, 6.45) is 3.76. The van der Waals surface area contributed by atoms with Gasteiger partial charge in [-0.25, -0.2) is 27.2 Å². The molecule has 0 aliphatic rings. The molecule has 0 radical (unpaired) electrons. The molecule has 0 atom stereocenters. The summed E-state index contributed by atoms with van der Waals surface area (Å²) in [6, 6.07) is 2.86. The molecule has 33 heavy (non-hydrogen) atoms. The van der Waals surface area contributed by atoms with Gasteiger partial charge in [-0.15, -0.1) is 10.2 Å². The highest BCUT2D eigenvalue weighted by Gasteiger charge is 2.24. The van der Waals surface area contributed by atoms with E-state index in [2.05, 4.69) is 32.0 Å². The molecule has 0 unspecified atom stereocenters. The second-order valence-electron chi connectivity index (χ2n) is 6.35. The fourth-order valence-corrected chi connectivity index (χ4v) is 4.18. The second kappa shape index (κ2) is 8.49. The predicted octanol–water partition coefficient (Wildman–Crippen LogP) is 2.24. The van der Waals surface area contributed by atoms with Gasteiger partial charge in [-0.3, -0.25) is 9.12 Å². The fraction of sp³-hybridized carbons (Fsp3) is 0.0526. The molecular weight excluding hydrogens is 480 g/mol. The Labute approximate surface area is 190 Å². The molecule has 10 nitrogen and oxygen atoms in total. The Morgan fingerprint density at radius 1 is 1.21 bits per heavy atom. The van der Waals surface area contributed by atoms with Crippen molar-refractivity contribution in [2.75, 3.05) is 17.6 Å². The third-order valence-corrected chi connectivity index (χ3v) is 5.85. The van der Waals surface area contributed by atoms with E-state index in [0.717, 1.165) is 18.2 Å². The van der Waals surface area contributed by atoms with Crippen LogP contribution in [0.4, 0.5) is 20.4 Å². The van der Waals surface area contributed by atoms with Crippen LogP contribution >= 0.6 is 11.6 Å². The summed E-state index contributed by atoms with van der Waals surface area (Å²) in [4.78, 5) is 7.25. The summed E-state index contributed by atoms with van der Waals surface area (Å²) in [6.45, 7) is 0. The van der Waals surface area contributed by atoms with Gasteiger partial charge < -0.3 is 10.5 Å². The van der Waals surface area contributed by atoms with Crippen LogP contribution in [0.15, 0.2) is 41.8 Å². The highest BCUT2D eigenvalue weighted by atomic mass is 35.5. The summed E-state index contributed by atoms with van der Waals surface area (Å²) in [5, 5.41) is 7.55. The summed E-state index contributed by atoms with van der Waals surface area (Å²) in [5.74, 6) is 2.48. The number of nitrogens with two attached hydrogens (primary N) is 1. The maximum atomic E-state index is 15.1. The zero-order valence-corrected chi connectivity index (χ0v) is 18.1. The van der Waals surface area contributed by atoms with Crippen molar-refractivity contribution in [1.29, 1.82) is 0 Å². The monoisotopic (exact) mass is 491 g/mol. The average molecular weight is 492 g/mol. The quantitative estimate of drug-likeness (QED) is 0.415. The van der Waals surface area contributed by atoms with E-state index in [1.165, 1.54) is 30.2 Å². The molecule has 3 N–H and O–H groups in total. The molecule has 0 aliphatic carbocycles. The van der Waals surface area contributed by atoms with E-state index in [-0.39, 0.29) is 28.1 Å². The van der Waals surface area contributed by atoms with Crippen molar-refractivity contribution in [3.63, 3.8) is 0 Å². The number of hydrogen-bond donors (Lipinski definition) is 2.